The lowest BCUT2D eigenvalue weighted by Crippen LogP contribution is -2.04. The van der Waals surface area contributed by atoms with Gasteiger partial charge in [-0.2, -0.15) is 30.7 Å². The van der Waals surface area contributed by atoms with Gasteiger partial charge in [0.05, 0.1) is 60.6 Å². The number of rotatable bonds is 24. The summed E-state index contributed by atoms with van der Waals surface area (Å²) in [5, 5.41) is 26.2. The average Bonchev–Trinajstić information content (AvgIpc) is 3.21. The lowest BCUT2D eigenvalue weighted by Gasteiger charge is -2.06. The molecule has 0 heterocycles. The summed E-state index contributed by atoms with van der Waals surface area (Å²) in [6.07, 6.45) is 8.55. The molecule has 4 aromatic carbocycles. The minimum absolute atomic E-state index is 0.143. The third kappa shape index (κ3) is 16.8. The zero-order chi connectivity index (χ0) is 38.9. The van der Waals surface area contributed by atoms with Crippen LogP contribution in [0.4, 0.5) is 34.1 Å². The van der Waals surface area contributed by atoms with Crippen LogP contribution in [0.15, 0.2) is 122 Å². The van der Waals surface area contributed by atoms with Gasteiger partial charge < -0.3 is 18.9 Å². The van der Waals surface area contributed by atoms with Gasteiger partial charge in [-0.1, -0.05) is 13.8 Å². The largest absolute Gasteiger partial charge is 0.494 e. The lowest BCUT2D eigenvalue weighted by atomic mass is 10.2. The van der Waals surface area contributed by atoms with Crippen molar-refractivity contribution < 1.29 is 28.5 Å². The Morgan fingerprint density at radius 1 is 0.436 bits per heavy atom. The molecule has 0 aliphatic carbocycles. The van der Waals surface area contributed by atoms with Crippen molar-refractivity contribution in [3.05, 3.63) is 96.6 Å². The molecule has 0 saturated carbocycles. The number of benzene rings is 4. The van der Waals surface area contributed by atoms with E-state index in [0.29, 0.717) is 50.6 Å². The SMILES string of the molecule is CCC(=O)OCCCCCCOc1ccc(N=Nc2ccc(N=Nc3ccc(N=Nc4ccc(OCCCCCCOC(=O)CC)cc4)cc3C)cc2)cc1. The molecule has 0 fully saturated rings. The third-order valence-electron chi connectivity index (χ3n) is 8.26. The second kappa shape index (κ2) is 24.5. The van der Waals surface area contributed by atoms with E-state index in [2.05, 4.69) is 30.7 Å². The van der Waals surface area contributed by atoms with Crippen molar-refractivity contribution in [1.29, 1.82) is 0 Å². The van der Waals surface area contributed by atoms with Crippen LogP contribution in [-0.2, 0) is 19.1 Å². The standard InChI is InChI=1S/C43H52N6O6/c1-4-42(50)54-30-12-8-6-10-28-52-39-23-18-36(19-24-39)45-44-34-14-16-35(17-15-34)47-49-41-27-22-38(32-33(41)3)48-46-37-20-25-40(26-21-37)53-29-11-7-9-13-31-55-43(51)5-2/h14-27,32H,4-13,28-31H2,1-3H3. The fourth-order valence-electron chi connectivity index (χ4n) is 5.03. The maximum atomic E-state index is 11.2. The maximum absolute atomic E-state index is 11.2. The number of carbonyl (C=O) groups is 2. The van der Waals surface area contributed by atoms with Crippen molar-refractivity contribution in [3.8, 4) is 11.5 Å². The predicted molar refractivity (Wildman–Crippen MR) is 213 cm³/mol. The molecule has 0 aliphatic rings. The van der Waals surface area contributed by atoms with Crippen LogP contribution >= 0.6 is 0 Å². The van der Waals surface area contributed by atoms with Gasteiger partial charge in [0, 0.05) is 12.8 Å². The smallest absolute Gasteiger partial charge is 0.305 e. The first-order valence-electron chi connectivity index (χ1n) is 19.1. The number of nitrogens with zero attached hydrogens (tertiary/aromatic N) is 6. The van der Waals surface area contributed by atoms with Crippen LogP contribution in [-0.4, -0.2) is 38.4 Å². The Kier molecular flexibility index (Phi) is 18.7. The van der Waals surface area contributed by atoms with Gasteiger partial charge in [0.2, 0.25) is 0 Å². The highest BCUT2D eigenvalue weighted by Gasteiger charge is 2.03. The summed E-state index contributed by atoms with van der Waals surface area (Å²) in [5.74, 6) is 1.29. The summed E-state index contributed by atoms with van der Waals surface area (Å²) in [7, 11) is 0. The van der Waals surface area contributed by atoms with Crippen LogP contribution < -0.4 is 9.47 Å². The maximum Gasteiger partial charge on any atom is 0.305 e. The Balaban J connectivity index is 1.14. The Bertz CT molecular complexity index is 1830. The Morgan fingerprint density at radius 2 is 0.782 bits per heavy atom. The molecule has 0 atom stereocenters. The average molecular weight is 749 g/mol. The van der Waals surface area contributed by atoms with E-state index >= 15 is 0 Å². The molecule has 12 heteroatoms. The molecule has 0 N–H and O–H groups in total. The molecule has 0 amide bonds. The third-order valence-corrected chi connectivity index (χ3v) is 8.26. The van der Waals surface area contributed by atoms with Crippen LogP contribution in [0.5, 0.6) is 11.5 Å². The topological polar surface area (TPSA) is 145 Å². The van der Waals surface area contributed by atoms with E-state index in [1.165, 1.54) is 0 Å². The quantitative estimate of drug-likeness (QED) is 0.0396. The van der Waals surface area contributed by atoms with Crippen molar-refractivity contribution in [2.45, 2.75) is 85.0 Å². The first kappa shape index (κ1) is 42.0. The molecule has 0 aliphatic heterocycles. The summed E-state index contributed by atoms with van der Waals surface area (Å²) < 4.78 is 21.8. The highest BCUT2D eigenvalue weighted by molar-refractivity contribution is 5.69. The Hall–Kier alpha value is -5.78. The number of carbonyl (C=O) groups excluding carboxylic acids is 2. The molecule has 0 saturated heterocycles. The zero-order valence-corrected chi connectivity index (χ0v) is 32.2. The first-order valence-corrected chi connectivity index (χ1v) is 19.1. The van der Waals surface area contributed by atoms with E-state index in [9.17, 15) is 9.59 Å². The van der Waals surface area contributed by atoms with Crippen LogP contribution in [0, 0.1) is 6.92 Å². The first-order chi connectivity index (χ1) is 26.9. The van der Waals surface area contributed by atoms with Gasteiger partial charge in [-0.25, -0.2) is 0 Å². The van der Waals surface area contributed by atoms with Gasteiger partial charge in [-0.05, 0) is 155 Å². The van der Waals surface area contributed by atoms with Gasteiger partial charge in [-0.3, -0.25) is 9.59 Å². The second-order valence-electron chi connectivity index (χ2n) is 12.7. The molecule has 4 aromatic rings. The van der Waals surface area contributed by atoms with E-state index in [4.69, 9.17) is 18.9 Å². The molecule has 55 heavy (non-hydrogen) atoms. The van der Waals surface area contributed by atoms with E-state index in [0.717, 1.165) is 91.2 Å². The molecule has 0 aromatic heterocycles. The van der Waals surface area contributed by atoms with Crippen LogP contribution in [0.2, 0.25) is 0 Å². The number of hydrogen-bond acceptors (Lipinski definition) is 12. The minimum atomic E-state index is -0.144. The minimum Gasteiger partial charge on any atom is -0.494 e. The number of ether oxygens (including phenoxy) is 4. The molecular formula is C43H52N6O6. The Morgan fingerprint density at radius 3 is 1.18 bits per heavy atom. The number of azo groups is 3. The van der Waals surface area contributed by atoms with Crippen LogP contribution in [0.3, 0.4) is 0 Å². The van der Waals surface area contributed by atoms with Gasteiger partial charge in [0.25, 0.3) is 0 Å². The fourth-order valence-corrected chi connectivity index (χ4v) is 5.03. The Labute approximate surface area is 324 Å². The zero-order valence-electron chi connectivity index (χ0n) is 32.2. The van der Waals surface area contributed by atoms with Gasteiger partial charge in [0.1, 0.15) is 11.5 Å². The molecule has 4 rings (SSSR count). The molecule has 290 valence electrons. The predicted octanol–water partition coefficient (Wildman–Crippen LogP) is 13.0. The molecule has 0 unspecified atom stereocenters. The second-order valence-corrected chi connectivity index (χ2v) is 12.7. The number of aryl methyl sites for hydroxylation is 1. The summed E-state index contributed by atoms with van der Waals surface area (Å²) in [5.41, 5.74) is 5.23. The van der Waals surface area contributed by atoms with Crippen LogP contribution in [0.1, 0.15) is 83.6 Å². The van der Waals surface area contributed by atoms with Gasteiger partial charge in [-0.15, -0.1) is 0 Å². The molecule has 0 spiro atoms. The van der Waals surface area contributed by atoms with E-state index in [1.54, 1.807) is 13.8 Å². The van der Waals surface area contributed by atoms with Crippen molar-refractivity contribution in [1.82, 2.24) is 0 Å². The van der Waals surface area contributed by atoms with Gasteiger partial charge >= 0.3 is 11.9 Å². The molecular weight excluding hydrogens is 697 g/mol. The summed E-state index contributed by atoms with van der Waals surface area (Å²) in [4.78, 5) is 22.3. The number of esters is 2. The van der Waals surface area contributed by atoms with E-state index in [-0.39, 0.29) is 11.9 Å². The van der Waals surface area contributed by atoms with E-state index in [1.807, 2.05) is 97.9 Å². The number of hydrogen-bond donors (Lipinski definition) is 0. The summed E-state index contributed by atoms with van der Waals surface area (Å²) in [6.45, 7) is 7.81. The molecule has 12 nitrogen and oxygen atoms in total. The van der Waals surface area contributed by atoms with Crippen molar-refractivity contribution in [3.63, 3.8) is 0 Å². The van der Waals surface area contributed by atoms with Crippen LogP contribution in [0.25, 0.3) is 0 Å². The number of unbranched alkanes of at least 4 members (excludes halogenated alkanes) is 6. The fraction of sp³-hybridized carbons (Fsp3) is 0.395. The van der Waals surface area contributed by atoms with Crippen molar-refractivity contribution in [2.75, 3.05) is 26.4 Å². The normalized spacial score (nSPS) is 11.4. The van der Waals surface area contributed by atoms with E-state index < -0.39 is 0 Å². The molecule has 0 radical (unpaired) electrons. The van der Waals surface area contributed by atoms with Gasteiger partial charge in [0.15, 0.2) is 0 Å². The van der Waals surface area contributed by atoms with Crippen molar-refractivity contribution in [2.24, 2.45) is 30.7 Å². The monoisotopic (exact) mass is 748 g/mol. The summed E-state index contributed by atoms with van der Waals surface area (Å²) >= 11 is 0. The molecule has 0 bridgehead atoms. The lowest BCUT2D eigenvalue weighted by molar-refractivity contribution is -0.144. The highest BCUT2D eigenvalue weighted by atomic mass is 16.5. The highest BCUT2D eigenvalue weighted by Crippen LogP contribution is 2.29. The van der Waals surface area contributed by atoms with Crippen molar-refractivity contribution >= 4 is 46.1 Å². The summed E-state index contributed by atoms with van der Waals surface area (Å²) in [6, 6.07) is 28.1.